The zero-order chi connectivity index (χ0) is 32.9. The van der Waals surface area contributed by atoms with Gasteiger partial charge in [-0.15, -0.1) is 0 Å². The van der Waals surface area contributed by atoms with E-state index in [4.69, 9.17) is 32.8 Å². The van der Waals surface area contributed by atoms with Crippen LogP contribution >= 0.6 is 0 Å². The van der Waals surface area contributed by atoms with Crippen molar-refractivity contribution in [1.82, 2.24) is 0 Å². The molecule has 12 heteroatoms. The Balaban J connectivity index is 1.66. The second-order valence-electron chi connectivity index (χ2n) is 10.9. The summed E-state index contributed by atoms with van der Waals surface area (Å²) < 4.78 is 38.9. The average Bonchev–Trinajstić information content (AvgIpc) is 3.36. The standard InChI is InChI=1S/C34H31NO11/c1-16(36)43-23-8-7-20(12-25(23)40-4)30-31-22-14-27(42-6)29(45-18(3)38)15-24(22)46-34(39)33(31)35-10-9-19-11-26(41-5)28(44-17(2)37)13-21(19)32(30)35/h7-8,11-15,30,32H,9-10H2,1-6H3. The van der Waals surface area contributed by atoms with Crippen molar-refractivity contribution in [2.45, 2.75) is 39.2 Å². The van der Waals surface area contributed by atoms with Crippen LogP contribution in [0.2, 0.25) is 0 Å². The summed E-state index contributed by atoms with van der Waals surface area (Å²) in [7, 11) is 4.43. The van der Waals surface area contributed by atoms with Gasteiger partial charge in [-0.3, -0.25) is 14.4 Å². The number of hydrogen-bond acceptors (Lipinski definition) is 12. The Morgan fingerprint density at radius 2 is 1.33 bits per heavy atom. The molecule has 0 spiro atoms. The van der Waals surface area contributed by atoms with E-state index in [2.05, 4.69) is 0 Å². The molecule has 4 aromatic rings. The first-order valence-corrected chi connectivity index (χ1v) is 14.4. The molecule has 0 saturated heterocycles. The van der Waals surface area contributed by atoms with Gasteiger partial charge >= 0.3 is 23.5 Å². The monoisotopic (exact) mass is 629 g/mol. The molecule has 12 nitrogen and oxygen atoms in total. The highest BCUT2D eigenvalue weighted by Crippen LogP contribution is 2.57. The molecule has 3 heterocycles. The van der Waals surface area contributed by atoms with Crippen LogP contribution in [0.1, 0.15) is 55.0 Å². The molecule has 238 valence electrons. The largest absolute Gasteiger partial charge is 0.493 e. The summed E-state index contributed by atoms with van der Waals surface area (Å²) in [5, 5.41) is 0.569. The van der Waals surface area contributed by atoms with Crippen molar-refractivity contribution < 1.29 is 47.2 Å². The predicted molar refractivity (Wildman–Crippen MR) is 165 cm³/mol. The van der Waals surface area contributed by atoms with E-state index in [1.165, 1.54) is 48.2 Å². The summed E-state index contributed by atoms with van der Waals surface area (Å²) in [6.07, 6.45) is 0.565. The van der Waals surface area contributed by atoms with Crippen LogP contribution in [0.15, 0.2) is 51.7 Å². The number of ether oxygens (including phenoxy) is 6. The van der Waals surface area contributed by atoms with Gasteiger partial charge in [0.05, 0.1) is 27.4 Å². The lowest BCUT2D eigenvalue weighted by Gasteiger charge is -2.36. The minimum absolute atomic E-state index is 0.105. The van der Waals surface area contributed by atoms with E-state index < -0.39 is 35.5 Å². The lowest BCUT2D eigenvalue weighted by Crippen LogP contribution is -2.36. The van der Waals surface area contributed by atoms with Gasteiger partial charge in [0, 0.05) is 50.2 Å². The lowest BCUT2D eigenvalue weighted by atomic mass is 9.80. The van der Waals surface area contributed by atoms with Gasteiger partial charge in [-0.05, 0) is 53.4 Å². The maximum Gasteiger partial charge on any atom is 0.360 e. The topological polar surface area (TPSA) is 140 Å². The van der Waals surface area contributed by atoms with Gasteiger partial charge in [-0.2, -0.15) is 0 Å². The molecule has 3 aromatic carbocycles. The molecule has 2 aliphatic rings. The van der Waals surface area contributed by atoms with E-state index in [0.29, 0.717) is 41.1 Å². The average molecular weight is 630 g/mol. The van der Waals surface area contributed by atoms with E-state index in [0.717, 1.165) is 16.7 Å². The third kappa shape index (κ3) is 5.15. The zero-order valence-electron chi connectivity index (χ0n) is 26.0. The molecule has 0 N–H and O–H groups in total. The molecule has 2 aliphatic heterocycles. The van der Waals surface area contributed by atoms with Gasteiger partial charge in [-0.25, -0.2) is 4.79 Å². The fraction of sp³-hybridized carbons (Fsp3) is 0.294. The molecule has 0 amide bonds. The van der Waals surface area contributed by atoms with Crippen LogP contribution in [0, 0.1) is 0 Å². The Hall–Kier alpha value is -5.52. The van der Waals surface area contributed by atoms with Crippen molar-refractivity contribution >= 4 is 34.6 Å². The van der Waals surface area contributed by atoms with Crippen LogP contribution in [-0.2, 0) is 20.8 Å². The van der Waals surface area contributed by atoms with E-state index in [-0.39, 0.29) is 28.6 Å². The highest BCUT2D eigenvalue weighted by molar-refractivity contribution is 5.92. The first-order valence-electron chi connectivity index (χ1n) is 14.4. The van der Waals surface area contributed by atoms with Crippen molar-refractivity contribution in [1.29, 1.82) is 0 Å². The maximum absolute atomic E-state index is 13.8. The molecule has 46 heavy (non-hydrogen) atoms. The van der Waals surface area contributed by atoms with Gasteiger partial charge in [0.25, 0.3) is 0 Å². The van der Waals surface area contributed by atoms with Crippen molar-refractivity contribution in [2.24, 2.45) is 0 Å². The Labute approximate surface area is 263 Å². The number of rotatable bonds is 7. The number of nitrogens with zero attached hydrogens (tertiary/aromatic N) is 1. The molecule has 2 atom stereocenters. The molecule has 1 aromatic heterocycles. The Bertz CT molecular complexity index is 1980. The number of methoxy groups -OCH3 is 3. The number of anilines is 1. The van der Waals surface area contributed by atoms with E-state index >= 15 is 0 Å². The molecule has 0 radical (unpaired) electrons. The molecular formula is C34H31NO11. The van der Waals surface area contributed by atoms with E-state index in [9.17, 15) is 19.2 Å². The van der Waals surface area contributed by atoms with Gasteiger partial charge in [-0.1, -0.05) is 6.07 Å². The number of esters is 3. The molecule has 0 aliphatic carbocycles. The summed E-state index contributed by atoms with van der Waals surface area (Å²) in [6, 6.07) is 11.5. The minimum atomic E-state index is -0.574. The molecule has 0 saturated carbocycles. The normalized spacial score (nSPS) is 16.2. The molecule has 6 rings (SSSR count). The molecule has 0 bridgehead atoms. The van der Waals surface area contributed by atoms with Crippen molar-refractivity contribution in [3.8, 4) is 34.5 Å². The SMILES string of the molecule is COc1cc(C2c3c(c(=O)oc4cc(OC(C)=O)c(OC)cc34)N3CCc4cc(OC)c(OC(C)=O)cc4C23)ccc1OC(C)=O. The summed E-state index contributed by atoms with van der Waals surface area (Å²) in [4.78, 5) is 51.5. The second kappa shape index (κ2) is 11.8. The number of carbonyl (C=O) groups excluding carboxylic acids is 3. The van der Waals surface area contributed by atoms with Crippen molar-refractivity contribution in [3.63, 3.8) is 0 Å². The summed E-state index contributed by atoms with van der Waals surface area (Å²) >= 11 is 0. The predicted octanol–water partition coefficient (Wildman–Crippen LogP) is 4.84. The number of carbonyl (C=O) groups is 3. The fourth-order valence-electron chi connectivity index (χ4n) is 6.49. The Morgan fingerprint density at radius 1 is 0.739 bits per heavy atom. The van der Waals surface area contributed by atoms with Gasteiger partial charge < -0.3 is 37.7 Å². The number of fused-ring (bicyclic) bond motifs is 7. The highest BCUT2D eigenvalue weighted by Gasteiger charge is 2.47. The summed E-state index contributed by atoms with van der Waals surface area (Å²) in [6.45, 7) is 4.35. The molecule has 2 unspecified atom stereocenters. The van der Waals surface area contributed by atoms with Crippen LogP contribution in [0.5, 0.6) is 34.5 Å². The quantitative estimate of drug-likeness (QED) is 0.157. The van der Waals surface area contributed by atoms with Crippen LogP contribution < -0.4 is 38.9 Å². The van der Waals surface area contributed by atoms with E-state index in [1.807, 2.05) is 17.0 Å². The van der Waals surface area contributed by atoms with Gasteiger partial charge in [0.1, 0.15) is 11.3 Å². The molecular weight excluding hydrogens is 598 g/mol. The Kier molecular flexibility index (Phi) is 7.80. The number of benzene rings is 3. The van der Waals surface area contributed by atoms with E-state index in [1.54, 1.807) is 24.3 Å². The number of hydrogen-bond donors (Lipinski definition) is 0. The summed E-state index contributed by atoms with van der Waals surface area (Å²) in [5.74, 6) is -0.490. The summed E-state index contributed by atoms with van der Waals surface area (Å²) in [5.41, 5.74) is 3.17. The van der Waals surface area contributed by atoms with Crippen LogP contribution in [0.3, 0.4) is 0 Å². The van der Waals surface area contributed by atoms with Crippen molar-refractivity contribution in [2.75, 3.05) is 32.8 Å². The minimum Gasteiger partial charge on any atom is -0.493 e. The zero-order valence-corrected chi connectivity index (χ0v) is 26.0. The third-order valence-corrected chi connectivity index (χ3v) is 8.13. The third-order valence-electron chi connectivity index (χ3n) is 8.13. The fourth-order valence-corrected chi connectivity index (χ4v) is 6.49. The second-order valence-corrected chi connectivity index (χ2v) is 10.9. The first kappa shape index (κ1) is 30.5. The van der Waals surface area contributed by atoms with Gasteiger partial charge in [0.2, 0.25) is 0 Å². The van der Waals surface area contributed by atoms with Gasteiger partial charge in [0.15, 0.2) is 34.5 Å². The molecule has 0 fully saturated rings. The smallest absolute Gasteiger partial charge is 0.360 e. The van der Waals surface area contributed by atoms with Crippen LogP contribution in [0.4, 0.5) is 5.69 Å². The van der Waals surface area contributed by atoms with Crippen LogP contribution in [-0.4, -0.2) is 45.8 Å². The van der Waals surface area contributed by atoms with Crippen molar-refractivity contribution in [3.05, 3.63) is 75.1 Å². The Morgan fingerprint density at radius 3 is 1.96 bits per heavy atom. The van der Waals surface area contributed by atoms with Crippen LogP contribution in [0.25, 0.3) is 11.0 Å². The highest BCUT2D eigenvalue weighted by atomic mass is 16.6. The maximum atomic E-state index is 13.8. The first-order chi connectivity index (χ1) is 22.0. The lowest BCUT2D eigenvalue weighted by molar-refractivity contribution is -0.132.